The fourth-order valence-electron chi connectivity index (χ4n) is 5.38. The third-order valence-corrected chi connectivity index (χ3v) is 7.92. The van der Waals surface area contributed by atoms with E-state index in [1.807, 2.05) is 12.2 Å². The Morgan fingerprint density at radius 3 is 2.30 bits per heavy atom. The minimum atomic E-state index is 0.613. The summed E-state index contributed by atoms with van der Waals surface area (Å²) in [6.07, 6.45) is 19.0. The van der Waals surface area contributed by atoms with Crippen molar-refractivity contribution in [3.05, 3.63) is 72.5 Å². The largest absolute Gasteiger partial charge is 0.322 e. The SMILES string of the molecule is C=CC=C(C)C=C(C)[N+](C)(CC)CC1CC12CC[N+](C)(CC(C=CC)=CC=C)CC2. The lowest BCUT2D eigenvalue weighted by Crippen LogP contribution is -2.52. The number of likely N-dealkylation sites (tertiary alicyclic amines) is 1. The third kappa shape index (κ3) is 5.95. The molecule has 0 radical (unpaired) electrons. The Balaban J connectivity index is 2.01. The highest BCUT2D eigenvalue weighted by atomic mass is 15.4. The first-order valence-electron chi connectivity index (χ1n) is 11.8. The van der Waals surface area contributed by atoms with Crippen LogP contribution in [0.5, 0.6) is 0 Å². The molecule has 0 bridgehead atoms. The first-order valence-corrected chi connectivity index (χ1v) is 11.8. The second-order valence-electron chi connectivity index (χ2n) is 10.3. The van der Waals surface area contributed by atoms with Gasteiger partial charge in [0.15, 0.2) is 0 Å². The zero-order chi connectivity index (χ0) is 22.4. The molecule has 1 spiro atoms. The van der Waals surface area contributed by atoms with Gasteiger partial charge in [-0.15, -0.1) is 0 Å². The first-order chi connectivity index (χ1) is 14.2. The van der Waals surface area contributed by atoms with Crippen molar-refractivity contribution in [1.82, 2.24) is 0 Å². The molecule has 0 aromatic heterocycles. The van der Waals surface area contributed by atoms with Crippen LogP contribution in [0.25, 0.3) is 0 Å². The Kier molecular flexibility index (Phi) is 8.30. The normalized spacial score (nSPS) is 32.3. The quantitative estimate of drug-likeness (QED) is 0.288. The van der Waals surface area contributed by atoms with Crippen molar-refractivity contribution in [2.24, 2.45) is 11.3 Å². The smallest absolute Gasteiger partial charge is 0.106 e. The molecule has 2 unspecified atom stereocenters. The van der Waals surface area contributed by atoms with Crippen LogP contribution in [0.15, 0.2) is 72.5 Å². The van der Waals surface area contributed by atoms with Crippen LogP contribution in [0.2, 0.25) is 0 Å². The molecule has 30 heavy (non-hydrogen) atoms. The van der Waals surface area contributed by atoms with Crippen molar-refractivity contribution in [2.45, 2.75) is 47.0 Å². The fourth-order valence-corrected chi connectivity index (χ4v) is 5.38. The Labute approximate surface area is 186 Å². The van der Waals surface area contributed by atoms with Crippen LogP contribution in [0.3, 0.4) is 0 Å². The topological polar surface area (TPSA) is 0 Å². The third-order valence-electron chi connectivity index (χ3n) is 7.92. The van der Waals surface area contributed by atoms with E-state index in [-0.39, 0.29) is 0 Å². The maximum Gasteiger partial charge on any atom is 0.106 e. The molecule has 2 fully saturated rings. The number of likely N-dealkylation sites (N-methyl/N-ethyl adjacent to an activating group) is 1. The molecule has 2 heteroatoms. The van der Waals surface area contributed by atoms with Gasteiger partial charge in [0.25, 0.3) is 0 Å². The molecule has 0 amide bonds. The summed E-state index contributed by atoms with van der Waals surface area (Å²) in [5.74, 6) is 0.877. The Morgan fingerprint density at radius 2 is 1.77 bits per heavy atom. The van der Waals surface area contributed by atoms with Crippen molar-refractivity contribution in [3.63, 3.8) is 0 Å². The molecule has 166 valence electrons. The van der Waals surface area contributed by atoms with Crippen LogP contribution in [-0.4, -0.2) is 55.8 Å². The van der Waals surface area contributed by atoms with E-state index in [4.69, 9.17) is 0 Å². The summed E-state index contributed by atoms with van der Waals surface area (Å²) in [6.45, 7) is 22.8. The summed E-state index contributed by atoms with van der Waals surface area (Å²) in [5, 5.41) is 0. The van der Waals surface area contributed by atoms with Gasteiger partial charge < -0.3 is 4.48 Å². The van der Waals surface area contributed by atoms with E-state index < -0.39 is 0 Å². The molecule has 0 aromatic rings. The molecule has 0 N–H and O–H groups in total. The highest BCUT2D eigenvalue weighted by molar-refractivity contribution is 5.23. The highest BCUT2D eigenvalue weighted by Gasteiger charge is 2.59. The van der Waals surface area contributed by atoms with Crippen molar-refractivity contribution < 1.29 is 8.97 Å². The van der Waals surface area contributed by atoms with Crippen LogP contribution in [0, 0.1) is 11.3 Å². The molecular weight excluding hydrogens is 364 g/mol. The van der Waals surface area contributed by atoms with E-state index in [1.165, 1.54) is 60.2 Å². The zero-order valence-corrected chi connectivity index (χ0v) is 20.6. The maximum atomic E-state index is 3.89. The molecule has 2 rings (SSSR count). The summed E-state index contributed by atoms with van der Waals surface area (Å²) in [4.78, 5) is 0. The minimum Gasteiger partial charge on any atom is -0.322 e. The van der Waals surface area contributed by atoms with Gasteiger partial charge in [0.1, 0.15) is 12.2 Å². The van der Waals surface area contributed by atoms with E-state index in [9.17, 15) is 0 Å². The molecule has 1 heterocycles. The first kappa shape index (κ1) is 24.6. The second kappa shape index (κ2) is 10.1. The van der Waals surface area contributed by atoms with E-state index in [0.29, 0.717) is 5.41 Å². The van der Waals surface area contributed by atoms with Crippen molar-refractivity contribution in [2.75, 3.05) is 46.8 Å². The lowest BCUT2D eigenvalue weighted by atomic mass is 9.88. The van der Waals surface area contributed by atoms with Gasteiger partial charge in [-0.2, -0.15) is 0 Å². The zero-order valence-electron chi connectivity index (χ0n) is 20.6. The molecule has 2 aliphatic rings. The van der Waals surface area contributed by atoms with Gasteiger partial charge in [-0.1, -0.05) is 49.6 Å². The summed E-state index contributed by atoms with van der Waals surface area (Å²) >= 11 is 0. The molecule has 1 aliphatic heterocycles. The lowest BCUT2D eigenvalue weighted by molar-refractivity contribution is -0.911. The molecule has 1 aliphatic carbocycles. The number of rotatable bonds is 10. The molecule has 1 saturated heterocycles. The monoisotopic (exact) mass is 410 g/mol. The Morgan fingerprint density at radius 1 is 1.13 bits per heavy atom. The predicted octanol–water partition coefficient (Wildman–Crippen LogP) is 6.42. The van der Waals surface area contributed by atoms with Gasteiger partial charge in [-0.3, -0.25) is 4.48 Å². The van der Waals surface area contributed by atoms with Gasteiger partial charge in [-0.05, 0) is 44.3 Å². The Hall–Kier alpha value is -1.64. The Bertz CT molecular complexity index is 741. The fraction of sp³-hybridized carbons (Fsp3) is 0.571. The number of piperidine rings is 1. The number of allylic oxidation sites excluding steroid dienone is 8. The molecule has 2 nitrogen and oxygen atoms in total. The predicted molar refractivity (Wildman–Crippen MR) is 133 cm³/mol. The average Bonchev–Trinajstić information content (AvgIpc) is 3.36. The summed E-state index contributed by atoms with van der Waals surface area (Å²) < 4.78 is 2.23. The van der Waals surface area contributed by atoms with Crippen LogP contribution < -0.4 is 0 Å². The van der Waals surface area contributed by atoms with E-state index >= 15 is 0 Å². The number of hydrogen-bond acceptors (Lipinski definition) is 0. The van der Waals surface area contributed by atoms with E-state index in [1.54, 1.807) is 0 Å². The van der Waals surface area contributed by atoms with Crippen molar-refractivity contribution in [3.8, 4) is 0 Å². The van der Waals surface area contributed by atoms with Crippen LogP contribution >= 0.6 is 0 Å². The van der Waals surface area contributed by atoms with E-state index in [2.05, 4.69) is 85.3 Å². The summed E-state index contributed by atoms with van der Waals surface area (Å²) in [7, 11) is 4.87. The van der Waals surface area contributed by atoms with Crippen molar-refractivity contribution in [1.29, 1.82) is 0 Å². The standard InChI is InChI=1S/C28H46N2/c1-9-13-24(5)20-25(6)30(8,12-4)23-27-21-28(27)16-18-29(7,19-17-28)22-26(14-10-2)15-11-3/h9-11,13-15,20,27H,1-2,12,16-19,21-23H2,3-8H3/q+2. The molecule has 0 aromatic carbocycles. The number of hydrogen-bond donors (Lipinski definition) is 0. The summed E-state index contributed by atoms with van der Waals surface area (Å²) in [5.41, 5.74) is 4.78. The summed E-state index contributed by atoms with van der Waals surface area (Å²) in [6, 6.07) is 0. The highest BCUT2D eigenvalue weighted by Crippen LogP contribution is 2.60. The van der Waals surface area contributed by atoms with Crippen LogP contribution in [-0.2, 0) is 0 Å². The van der Waals surface area contributed by atoms with Gasteiger partial charge in [0.05, 0.1) is 40.3 Å². The molecule has 1 saturated carbocycles. The number of nitrogens with zero attached hydrogens (tertiary/aromatic N) is 2. The van der Waals surface area contributed by atoms with Gasteiger partial charge >= 0.3 is 0 Å². The van der Waals surface area contributed by atoms with Crippen molar-refractivity contribution >= 4 is 0 Å². The van der Waals surface area contributed by atoms with Gasteiger partial charge in [-0.25, -0.2) is 0 Å². The lowest BCUT2D eigenvalue weighted by Gasteiger charge is -2.42. The average molecular weight is 411 g/mol. The van der Waals surface area contributed by atoms with E-state index in [0.717, 1.165) is 23.5 Å². The molecular formula is C28H46N2+2. The minimum absolute atomic E-state index is 0.613. The second-order valence-corrected chi connectivity index (χ2v) is 10.3. The van der Waals surface area contributed by atoms with Gasteiger partial charge in [0, 0.05) is 31.3 Å². The van der Waals surface area contributed by atoms with Gasteiger partial charge in [0.2, 0.25) is 0 Å². The van der Waals surface area contributed by atoms with Crippen LogP contribution in [0.1, 0.15) is 47.0 Å². The molecule has 2 atom stereocenters. The maximum absolute atomic E-state index is 3.89. The van der Waals surface area contributed by atoms with Crippen LogP contribution in [0.4, 0.5) is 0 Å². The number of quaternary nitrogens is 2.